The third kappa shape index (κ3) is 18.2. The van der Waals surface area contributed by atoms with Crippen molar-refractivity contribution in [3.05, 3.63) is 242 Å². The number of para-hydroxylation sites is 2. The molecule has 12 aromatic carbocycles. The van der Waals surface area contributed by atoms with Crippen molar-refractivity contribution in [2.75, 3.05) is 12.4 Å². The fraction of sp³-hybridized carbons (Fsp3) is 0.0435. The summed E-state index contributed by atoms with van der Waals surface area (Å²) in [6, 6.07) is 58.7. The number of alkyl halides is 2. The predicted octanol–water partition coefficient (Wildman–Crippen LogP) is 24.0. The Bertz CT molecular complexity index is 4950. The first-order valence-corrected chi connectivity index (χ1v) is 49.5. The van der Waals surface area contributed by atoms with Crippen molar-refractivity contribution >= 4 is 269 Å². The van der Waals surface area contributed by atoms with Crippen LogP contribution in [0.25, 0.3) is 121 Å². The molecule has 0 aliphatic heterocycles. The summed E-state index contributed by atoms with van der Waals surface area (Å²) in [6.45, 7) is 1.95. The molecule has 14 aromatic rings. The number of methoxy groups -OCH3 is 1. The summed E-state index contributed by atoms with van der Waals surface area (Å²) in [5.74, 6) is -1.28. The number of fused-ring (bicyclic) bond motifs is 11. The van der Waals surface area contributed by atoms with Gasteiger partial charge in [-0.05, 0) is 139 Å². The van der Waals surface area contributed by atoms with E-state index in [0.717, 1.165) is 85.5 Å². The number of furan rings is 2. The summed E-state index contributed by atoms with van der Waals surface area (Å²) in [7, 11) is 1.57. The van der Waals surface area contributed by atoms with Gasteiger partial charge in [0.2, 0.25) is 0 Å². The van der Waals surface area contributed by atoms with E-state index in [1.807, 2.05) is 67.6 Å². The first kappa shape index (κ1) is 82.2. The van der Waals surface area contributed by atoms with Gasteiger partial charge in [-0.25, -0.2) is 17.6 Å². The van der Waals surface area contributed by atoms with E-state index in [2.05, 4.69) is 125 Å². The average molecular weight is 1860 g/mol. The topological polar surface area (TPSA) is 76.0 Å². The number of halogens is 12. The van der Waals surface area contributed by atoms with E-state index in [1.54, 1.807) is 86.0 Å². The second-order valence-corrected chi connectivity index (χ2v) is 29.1. The predicted molar refractivity (Wildman–Crippen MR) is 392 cm³/mol. The Morgan fingerprint density at radius 1 is 0.430 bits per heavy atom. The molecule has 0 aliphatic rings. The quantitative estimate of drug-likeness (QED) is 0.102. The Morgan fingerprint density at radius 2 is 0.817 bits per heavy atom. The molecule has 468 valence electrons. The summed E-state index contributed by atoms with van der Waals surface area (Å²) in [4.78, 5) is 0. The summed E-state index contributed by atoms with van der Waals surface area (Å²) in [5, 5.41) is 30.8. The molecule has 0 amide bonds. The van der Waals surface area contributed by atoms with Crippen LogP contribution in [0.4, 0.5) is 17.6 Å². The average Bonchev–Trinajstić information content (AvgIpc) is 1.69. The summed E-state index contributed by atoms with van der Waals surface area (Å²) in [6.07, 6.45) is 0. The van der Waals surface area contributed by atoms with Crippen LogP contribution < -0.4 is 4.74 Å². The molecule has 5 nitrogen and oxygen atoms in total. The Labute approximate surface area is 672 Å². The van der Waals surface area contributed by atoms with Gasteiger partial charge in [0, 0.05) is 140 Å². The van der Waals surface area contributed by atoms with Crippen molar-refractivity contribution in [1.82, 2.24) is 0 Å². The molecule has 0 saturated heterocycles. The Kier molecular flexibility index (Phi) is 33.9. The third-order valence-electron chi connectivity index (χ3n) is 14.4. The second-order valence-electron chi connectivity index (χ2n) is 19.3. The molecule has 0 spiro atoms. The van der Waals surface area contributed by atoms with Gasteiger partial charge < -0.3 is 23.8 Å². The molecular formula is C69H43B2Br6Cl2Co3F4K2O5. The molecule has 0 saturated carbocycles. The maximum absolute atomic E-state index is 14.6. The van der Waals surface area contributed by atoms with Crippen molar-refractivity contribution in [2.45, 2.75) is 6.92 Å². The van der Waals surface area contributed by atoms with E-state index >= 15 is 0 Å². The van der Waals surface area contributed by atoms with Gasteiger partial charge in [-0.2, -0.15) is 0 Å². The van der Waals surface area contributed by atoms with Gasteiger partial charge in [0.25, 0.3) is 0 Å². The first-order valence-electron chi connectivity index (χ1n) is 27.3. The van der Waals surface area contributed by atoms with E-state index in [-0.39, 0.29) is 107 Å². The maximum atomic E-state index is 14.6. The van der Waals surface area contributed by atoms with E-state index in [1.165, 1.54) is 93.5 Å². The number of benzene rings is 12. The number of aromatic hydroxyl groups is 2. The molecule has 93 heavy (non-hydrogen) atoms. The third-order valence-corrected chi connectivity index (χ3v) is 16.5. The molecule has 0 atom stereocenters. The Morgan fingerprint density at radius 3 is 1.34 bits per heavy atom. The van der Waals surface area contributed by atoms with Gasteiger partial charge in [0.15, 0.2) is 0 Å². The molecule has 0 aliphatic carbocycles. The number of hydrogen-bond acceptors (Lipinski definition) is 5. The number of phenolic OH excluding ortho intramolecular Hbond substituents is 2. The van der Waals surface area contributed by atoms with Crippen molar-refractivity contribution in [1.29, 1.82) is 0 Å². The molecular weight excluding hydrogens is 1810 g/mol. The van der Waals surface area contributed by atoms with Gasteiger partial charge in [0.05, 0.1) is 21.4 Å². The zero-order valence-electron chi connectivity index (χ0n) is 49.1. The fourth-order valence-electron chi connectivity index (χ4n) is 10.7. The minimum atomic E-state index is -0.495. The van der Waals surface area contributed by atoms with E-state index < -0.39 is 11.6 Å². The van der Waals surface area contributed by atoms with Crippen LogP contribution in [0, 0.1) is 30.2 Å². The van der Waals surface area contributed by atoms with Gasteiger partial charge in [-0.3, -0.25) is 0 Å². The standard InChI is InChI=1S/C24H17BrF2O.C22H13BrF2O2.C22H11BrO2.CH2Cl2.BBr3.B.3Co.2K/c1-14-20(25)13-19-16(23(14)18-8-4-6-10-22(18)27)11-12-17(24(19)28-2)15-7-3-5-9-21(15)26;23-17-11-16-13(20(22(17)27)15-6-2-4-8-19(15)25)9-10-14(21(16)26)12-5-1-3-7-18(12)24;23-17-11-16-13(20-15-6-2-4-8-19(15)25-22(17)20)9-10-14-12-5-1-3-7-18(12)24-21(14)16;2-1-3;2-1(3)4;;;;;;/h3-13H,1-2H3;1-11,26-27H;1-11H;1H2;;;;;;;. The van der Waals surface area contributed by atoms with Crippen LogP contribution in [0.2, 0.25) is 0 Å². The minimum absolute atomic E-state index is 0. The normalized spacial score (nSPS) is 10.4. The van der Waals surface area contributed by atoms with Crippen LogP contribution in [0.15, 0.2) is 222 Å². The van der Waals surface area contributed by atoms with Crippen molar-refractivity contribution in [3.63, 3.8) is 0 Å². The van der Waals surface area contributed by atoms with Crippen LogP contribution in [0.1, 0.15) is 5.56 Å². The molecule has 0 bridgehead atoms. The molecule has 0 fully saturated rings. The summed E-state index contributed by atoms with van der Waals surface area (Å²) >= 11 is 31.9. The van der Waals surface area contributed by atoms with Crippen molar-refractivity contribution in [2.24, 2.45) is 0 Å². The van der Waals surface area contributed by atoms with Crippen LogP contribution in [0.3, 0.4) is 0 Å². The molecule has 2 N–H and O–H groups in total. The molecule has 24 heteroatoms. The second kappa shape index (κ2) is 38.4. The van der Waals surface area contributed by atoms with Crippen LogP contribution in [-0.4, -0.2) is 97.4 Å². The number of ether oxygens (including phenoxy) is 1. The SMILES string of the molecule is BrB(Br)Br.Brc1cc2c(ccc3c4ccccc4oc32)c2c1oc1ccccc12.COc1c(-c2ccccc2F)ccc2c(-c3ccccc3F)c(C)c(Br)cc12.ClCCl.Oc1c(Br)cc2c(O)c(-c3ccccc3F)ccc2c1-c1ccccc1F.[B].[Co].[Co].[Co].[K][K]. The molecule has 6 radical (unpaired) electrons. The summed E-state index contributed by atoms with van der Waals surface area (Å²) < 4.78 is 77.9. The van der Waals surface area contributed by atoms with Crippen LogP contribution >= 0.6 is 118 Å². The summed E-state index contributed by atoms with van der Waals surface area (Å²) in [5.41, 5.74) is 8.02. The van der Waals surface area contributed by atoms with Crippen LogP contribution in [0.5, 0.6) is 17.2 Å². The van der Waals surface area contributed by atoms with E-state index in [0.29, 0.717) is 43.2 Å². The monoisotopic (exact) mass is 1850 g/mol. The Balaban J connectivity index is 0.000000233. The van der Waals surface area contributed by atoms with Crippen molar-refractivity contribution < 1.29 is 91.7 Å². The van der Waals surface area contributed by atoms with Gasteiger partial charge in [-0.1, -0.05) is 143 Å². The van der Waals surface area contributed by atoms with Crippen molar-refractivity contribution in [3.8, 4) is 61.8 Å². The van der Waals surface area contributed by atoms with Crippen LogP contribution in [-0.2, 0) is 50.3 Å². The van der Waals surface area contributed by atoms with Gasteiger partial charge in [0.1, 0.15) is 62.8 Å². The van der Waals surface area contributed by atoms with Gasteiger partial charge >= 0.3 is 66.3 Å². The zero-order valence-corrected chi connectivity index (χ0v) is 69.5. The molecule has 0 unspecified atom stereocenters. The van der Waals surface area contributed by atoms with E-state index in [9.17, 15) is 27.8 Å². The molecule has 2 aromatic heterocycles. The number of rotatable bonds is 5. The number of hydrogen-bond donors (Lipinski definition) is 2. The fourth-order valence-corrected chi connectivity index (χ4v) is 12.1. The number of phenols is 2. The van der Waals surface area contributed by atoms with Gasteiger partial charge in [-0.15, -0.1) is 70.5 Å². The first-order chi connectivity index (χ1) is 43.0. The molecule has 14 rings (SSSR count). The van der Waals surface area contributed by atoms with E-state index in [4.69, 9.17) is 36.8 Å². The Hall–Kier alpha value is -1.48. The molecule has 2 heterocycles. The zero-order chi connectivity index (χ0) is 63.8.